The molecule has 1 amide bonds. The largest absolute Gasteiger partial charge is 0.391 e. The Morgan fingerprint density at radius 2 is 2.06 bits per heavy atom. The number of aliphatic hydroxyl groups excluding tert-OH is 1. The molecule has 0 bridgehead atoms. The fraction of sp³-hybridized carbons (Fsp3) is 0.929. The van der Waals surface area contributed by atoms with Crippen LogP contribution in [0.2, 0.25) is 0 Å². The van der Waals surface area contributed by atoms with Crippen LogP contribution in [-0.4, -0.2) is 47.3 Å². The molecule has 1 aliphatic rings. The second-order valence-electron chi connectivity index (χ2n) is 5.90. The van der Waals surface area contributed by atoms with Gasteiger partial charge >= 0.3 is 0 Å². The van der Waals surface area contributed by atoms with E-state index >= 15 is 0 Å². The van der Waals surface area contributed by atoms with Crippen LogP contribution in [-0.2, 0) is 9.53 Å². The Labute approximate surface area is 110 Å². The number of ether oxygens (including phenoxy) is 1. The standard InChI is InChI=1S/C14H27NO3/c1-10(2)5-6-14(17)15-8-13(16)7-12(15)9-18-11(3)4/h10-13,16H,5-9H2,1-4H3/t12-,13-/m0/s1. The van der Waals surface area contributed by atoms with Gasteiger partial charge in [-0.2, -0.15) is 0 Å². The van der Waals surface area contributed by atoms with Gasteiger partial charge in [0, 0.05) is 13.0 Å². The summed E-state index contributed by atoms with van der Waals surface area (Å²) in [4.78, 5) is 13.9. The number of hydrogen-bond acceptors (Lipinski definition) is 3. The molecule has 4 nitrogen and oxygen atoms in total. The van der Waals surface area contributed by atoms with Crippen molar-refractivity contribution in [3.63, 3.8) is 0 Å². The topological polar surface area (TPSA) is 49.8 Å². The predicted molar refractivity (Wildman–Crippen MR) is 71.3 cm³/mol. The number of nitrogens with zero attached hydrogens (tertiary/aromatic N) is 1. The summed E-state index contributed by atoms with van der Waals surface area (Å²) in [5.74, 6) is 0.685. The van der Waals surface area contributed by atoms with E-state index in [4.69, 9.17) is 4.74 Å². The first-order valence-corrected chi connectivity index (χ1v) is 6.99. The summed E-state index contributed by atoms with van der Waals surface area (Å²) in [6.45, 7) is 9.19. The Kier molecular flexibility index (Phi) is 6.09. The van der Waals surface area contributed by atoms with Crippen LogP contribution in [0.3, 0.4) is 0 Å². The molecule has 0 aromatic carbocycles. The summed E-state index contributed by atoms with van der Waals surface area (Å²) in [5.41, 5.74) is 0. The first-order valence-electron chi connectivity index (χ1n) is 6.99. The Balaban J connectivity index is 2.47. The van der Waals surface area contributed by atoms with Gasteiger partial charge in [0.15, 0.2) is 0 Å². The molecule has 2 atom stereocenters. The zero-order valence-corrected chi connectivity index (χ0v) is 12.1. The lowest BCUT2D eigenvalue weighted by Crippen LogP contribution is -2.39. The zero-order valence-electron chi connectivity index (χ0n) is 12.1. The Morgan fingerprint density at radius 3 is 2.61 bits per heavy atom. The van der Waals surface area contributed by atoms with Gasteiger partial charge < -0.3 is 14.7 Å². The van der Waals surface area contributed by atoms with Crippen molar-refractivity contribution in [2.24, 2.45) is 5.92 Å². The number of rotatable bonds is 6. The molecule has 0 radical (unpaired) electrons. The molecule has 0 saturated carbocycles. The number of carbonyl (C=O) groups excluding carboxylic acids is 1. The summed E-state index contributed by atoms with van der Waals surface area (Å²) in [6, 6.07) is 0.0436. The maximum absolute atomic E-state index is 12.1. The van der Waals surface area contributed by atoms with E-state index in [1.54, 1.807) is 4.90 Å². The lowest BCUT2D eigenvalue weighted by Gasteiger charge is -2.25. The quantitative estimate of drug-likeness (QED) is 0.789. The van der Waals surface area contributed by atoms with Crippen molar-refractivity contribution in [1.82, 2.24) is 4.90 Å². The van der Waals surface area contributed by atoms with Gasteiger partial charge in [0.1, 0.15) is 0 Å². The molecular weight excluding hydrogens is 230 g/mol. The fourth-order valence-corrected chi connectivity index (χ4v) is 2.21. The Hall–Kier alpha value is -0.610. The maximum Gasteiger partial charge on any atom is 0.222 e. The van der Waals surface area contributed by atoms with Crippen molar-refractivity contribution in [3.05, 3.63) is 0 Å². The summed E-state index contributed by atoms with van der Waals surface area (Å²) in [7, 11) is 0. The van der Waals surface area contributed by atoms with Crippen LogP contribution in [0.5, 0.6) is 0 Å². The van der Waals surface area contributed by atoms with E-state index in [9.17, 15) is 9.90 Å². The third-order valence-electron chi connectivity index (χ3n) is 3.27. The van der Waals surface area contributed by atoms with Crippen molar-refractivity contribution in [3.8, 4) is 0 Å². The van der Waals surface area contributed by atoms with E-state index in [1.807, 2.05) is 13.8 Å². The van der Waals surface area contributed by atoms with Crippen LogP contribution in [0.4, 0.5) is 0 Å². The lowest BCUT2D eigenvalue weighted by atomic mass is 10.1. The highest BCUT2D eigenvalue weighted by Crippen LogP contribution is 2.20. The summed E-state index contributed by atoms with van der Waals surface area (Å²) < 4.78 is 5.58. The minimum atomic E-state index is -0.395. The molecule has 0 aromatic rings. The molecule has 18 heavy (non-hydrogen) atoms. The van der Waals surface area contributed by atoms with Crippen LogP contribution in [0.25, 0.3) is 0 Å². The van der Waals surface area contributed by atoms with Gasteiger partial charge in [-0.05, 0) is 32.6 Å². The minimum Gasteiger partial charge on any atom is -0.391 e. The molecule has 0 aromatic heterocycles. The van der Waals surface area contributed by atoms with Gasteiger partial charge in [0.2, 0.25) is 5.91 Å². The minimum absolute atomic E-state index is 0.0436. The van der Waals surface area contributed by atoms with E-state index in [0.29, 0.717) is 31.9 Å². The predicted octanol–water partition coefficient (Wildman–Crippen LogP) is 1.81. The SMILES string of the molecule is CC(C)CCC(=O)N1C[C@@H](O)C[C@H]1COC(C)C. The summed E-state index contributed by atoms with van der Waals surface area (Å²) >= 11 is 0. The summed E-state index contributed by atoms with van der Waals surface area (Å²) in [5, 5.41) is 9.71. The van der Waals surface area contributed by atoms with Gasteiger partial charge in [0.05, 0.1) is 24.9 Å². The normalized spacial score (nSPS) is 24.3. The van der Waals surface area contributed by atoms with Crippen LogP contribution in [0.15, 0.2) is 0 Å². The molecular formula is C14H27NO3. The van der Waals surface area contributed by atoms with E-state index in [-0.39, 0.29) is 18.1 Å². The number of aliphatic hydroxyl groups is 1. The van der Waals surface area contributed by atoms with E-state index in [2.05, 4.69) is 13.8 Å². The van der Waals surface area contributed by atoms with Crippen molar-refractivity contribution in [2.75, 3.05) is 13.2 Å². The molecule has 1 N–H and O–H groups in total. The lowest BCUT2D eigenvalue weighted by molar-refractivity contribution is -0.134. The van der Waals surface area contributed by atoms with Gasteiger partial charge in [0.25, 0.3) is 0 Å². The highest BCUT2D eigenvalue weighted by Gasteiger charge is 2.34. The molecule has 4 heteroatoms. The van der Waals surface area contributed by atoms with E-state index < -0.39 is 6.10 Å². The number of likely N-dealkylation sites (tertiary alicyclic amines) is 1. The second kappa shape index (κ2) is 7.10. The number of hydrogen-bond donors (Lipinski definition) is 1. The van der Waals surface area contributed by atoms with Crippen molar-refractivity contribution < 1.29 is 14.6 Å². The Morgan fingerprint density at radius 1 is 1.39 bits per heavy atom. The monoisotopic (exact) mass is 257 g/mol. The average Bonchev–Trinajstić information content (AvgIpc) is 2.64. The third kappa shape index (κ3) is 4.94. The molecule has 0 unspecified atom stereocenters. The van der Waals surface area contributed by atoms with Gasteiger partial charge in [-0.1, -0.05) is 13.8 Å². The van der Waals surface area contributed by atoms with E-state index in [0.717, 1.165) is 6.42 Å². The van der Waals surface area contributed by atoms with Crippen LogP contribution >= 0.6 is 0 Å². The maximum atomic E-state index is 12.1. The summed E-state index contributed by atoms with van der Waals surface area (Å²) in [6.07, 6.45) is 1.88. The van der Waals surface area contributed by atoms with Gasteiger partial charge in [-0.3, -0.25) is 4.79 Å². The number of amides is 1. The number of carbonyl (C=O) groups is 1. The van der Waals surface area contributed by atoms with Crippen molar-refractivity contribution in [1.29, 1.82) is 0 Å². The first-order chi connectivity index (χ1) is 8.40. The zero-order chi connectivity index (χ0) is 13.7. The third-order valence-corrected chi connectivity index (χ3v) is 3.27. The number of β-amino-alcohol motifs (C(OH)–C–C–N with tert-alkyl or cyclic N) is 1. The van der Waals surface area contributed by atoms with Gasteiger partial charge in [-0.15, -0.1) is 0 Å². The van der Waals surface area contributed by atoms with Crippen molar-refractivity contribution >= 4 is 5.91 Å². The molecule has 0 spiro atoms. The first kappa shape index (κ1) is 15.4. The van der Waals surface area contributed by atoms with Gasteiger partial charge in [-0.25, -0.2) is 0 Å². The molecule has 106 valence electrons. The van der Waals surface area contributed by atoms with Crippen LogP contribution < -0.4 is 0 Å². The molecule has 0 aliphatic carbocycles. The molecule has 1 rings (SSSR count). The second-order valence-corrected chi connectivity index (χ2v) is 5.90. The van der Waals surface area contributed by atoms with Crippen LogP contribution in [0, 0.1) is 5.92 Å². The molecule has 1 fully saturated rings. The molecule has 1 aliphatic heterocycles. The van der Waals surface area contributed by atoms with Crippen molar-refractivity contribution in [2.45, 2.75) is 65.2 Å². The smallest absolute Gasteiger partial charge is 0.222 e. The molecule has 1 heterocycles. The van der Waals surface area contributed by atoms with Crippen LogP contribution in [0.1, 0.15) is 47.0 Å². The highest BCUT2D eigenvalue weighted by atomic mass is 16.5. The fourth-order valence-electron chi connectivity index (χ4n) is 2.21. The highest BCUT2D eigenvalue weighted by molar-refractivity contribution is 5.77. The molecule has 1 saturated heterocycles. The van der Waals surface area contributed by atoms with E-state index in [1.165, 1.54) is 0 Å². The Bertz CT molecular complexity index is 266. The average molecular weight is 257 g/mol.